The lowest BCUT2D eigenvalue weighted by Crippen LogP contribution is -2.36. The number of hydrogen-bond donors (Lipinski definition) is 0. The molecular weight excluding hydrogens is 481 g/mol. The number of para-hydroxylation sites is 2. The zero-order valence-electron chi connectivity index (χ0n) is 21.1. The maximum atomic E-state index is 13.0. The number of methoxy groups -OCH3 is 1. The van der Waals surface area contributed by atoms with Gasteiger partial charge in [0.15, 0.2) is 11.5 Å². The smallest absolute Gasteiger partial charge is 0.416 e. The molecule has 0 N–H and O–H groups in total. The van der Waals surface area contributed by atoms with Crippen molar-refractivity contribution in [2.75, 3.05) is 31.6 Å². The molecule has 5 rings (SSSR count). The van der Waals surface area contributed by atoms with Gasteiger partial charge in [-0.25, -0.2) is 4.98 Å². The van der Waals surface area contributed by atoms with Gasteiger partial charge in [-0.05, 0) is 48.6 Å². The number of rotatable bonds is 6. The minimum absolute atomic E-state index is 0.500. The van der Waals surface area contributed by atoms with Crippen LogP contribution in [0.1, 0.15) is 42.1 Å². The van der Waals surface area contributed by atoms with Gasteiger partial charge in [-0.3, -0.25) is 4.90 Å². The van der Waals surface area contributed by atoms with Crippen molar-refractivity contribution >= 4 is 5.95 Å². The van der Waals surface area contributed by atoms with Gasteiger partial charge >= 0.3 is 6.18 Å². The molecule has 9 heteroatoms. The highest BCUT2D eigenvalue weighted by atomic mass is 19.4. The Kier molecular flexibility index (Phi) is 7.24. The second kappa shape index (κ2) is 10.6. The molecule has 2 aliphatic rings. The van der Waals surface area contributed by atoms with Gasteiger partial charge in [0.25, 0.3) is 0 Å². The van der Waals surface area contributed by atoms with Crippen LogP contribution in [0.4, 0.5) is 19.1 Å². The molecule has 2 aromatic carbocycles. The SMILES string of the molecule is COc1ccccc1Oc1nc(N2CCC(C)CC2)nc2c1CN(Cc1ccc(C(F)(F)F)cc1)CC2. The first kappa shape index (κ1) is 25.3. The molecule has 0 aliphatic carbocycles. The monoisotopic (exact) mass is 512 g/mol. The number of halogens is 3. The van der Waals surface area contributed by atoms with Crippen LogP contribution in [0, 0.1) is 5.92 Å². The molecule has 37 heavy (non-hydrogen) atoms. The lowest BCUT2D eigenvalue weighted by molar-refractivity contribution is -0.137. The summed E-state index contributed by atoms with van der Waals surface area (Å²) in [6, 6.07) is 12.8. The third-order valence-electron chi connectivity index (χ3n) is 7.12. The van der Waals surface area contributed by atoms with Crippen LogP contribution in [0.15, 0.2) is 48.5 Å². The predicted octanol–water partition coefficient (Wildman–Crippen LogP) is 6.09. The molecule has 3 heterocycles. The molecule has 2 aliphatic heterocycles. The minimum Gasteiger partial charge on any atom is -0.493 e. The number of benzene rings is 2. The van der Waals surface area contributed by atoms with Crippen molar-refractivity contribution in [3.8, 4) is 17.4 Å². The number of piperidine rings is 1. The number of ether oxygens (including phenoxy) is 2. The average Bonchev–Trinajstić information content (AvgIpc) is 2.89. The van der Waals surface area contributed by atoms with E-state index in [1.165, 1.54) is 0 Å². The Balaban J connectivity index is 1.42. The Hall–Kier alpha value is -3.33. The fourth-order valence-electron chi connectivity index (χ4n) is 4.86. The zero-order chi connectivity index (χ0) is 26.0. The quantitative estimate of drug-likeness (QED) is 0.398. The van der Waals surface area contributed by atoms with Crippen molar-refractivity contribution in [1.82, 2.24) is 14.9 Å². The summed E-state index contributed by atoms with van der Waals surface area (Å²) in [7, 11) is 1.60. The third kappa shape index (κ3) is 5.82. The molecule has 0 unspecified atom stereocenters. The molecule has 0 saturated carbocycles. The molecule has 0 amide bonds. The van der Waals surface area contributed by atoms with Crippen LogP contribution in [-0.4, -0.2) is 41.6 Å². The summed E-state index contributed by atoms with van der Waals surface area (Å²) in [6.07, 6.45) is -1.43. The lowest BCUT2D eigenvalue weighted by Gasteiger charge is -2.33. The van der Waals surface area contributed by atoms with Gasteiger partial charge in [0.2, 0.25) is 11.8 Å². The van der Waals surface area contributed by atoms with E-state index in [9.17, 15) is 13.2 Å². The van der Waals surface area contributed by atoms with Crippen molar-refractivity contribution in [3.63, 3.8) is 0 Å². The first-order valence-electron chi connectivity index (χ1n) is 12.6. The lowest BCUT2D eigenvalue weighted by atomic mass is 9.99. The molecule has 3 aromatic rings. The van der Waals surface area contributed by atoms with Gasteiger partial charge in [0, 0.05) is 39.1 Å². The van der Waals surface area contributed by atoms with Crippen LogP contribution in [0.25, 0.3) is 0 Å². The van der Waals surface area contributed by atoms with E-state index < -0.39 is 11.7 Å². The summed E-state index contributed by atoms with van der Waals surface area (Å²) in [5, 5.41) is 0. The highest BCUT2D eigenvalue weighted by Crippen LogP contribution is 2.36. The Morgan fingerprint density at radius 3 is 2.32 bits per heavy atom. The summed E-state index contributed by atoms with van der Waals surface area (Å²) < 4.78 is 50.7. The van der Waals surface area contributed by atoms with Crippen LogP contribution in [0.3, 0.4) is 0 Å². The molecule has 0 spiro atoms. The Morgan fingerprint density at radius 2 is 1.65 bits per heavy atom. The second-order valence-corrected chi connectivity index (χ2v) is 9.83. The van der Waals surface area contributed by atoms with Gasteiger partial charge in [0.1, 0.15) is 0 Å². The first-order valence-corrected chi connectivity index (χ1v) is 12.6. The average molecular weight is 513 g/mol. The van der Waals surface area contributed by atoms with Crippen LogP contribution < -0.4 is 14.4 Å². The summed E-state index contributed by atoms with van der Waals surface area (Å²) in [5.74, 6) is 3.06. The van der Waals surface area contributed by atoms with E-state index in [-0.39, 0.29) is 0 Å². The van der Waals surface area contributed by atoms with Crippen molar-refractivity contribution in [2.45, 2.75) is 45.5 Å². The zero-order valence-corrected chi connectivity index (χ0v) is 21.1. The standard InChI is InChI=1S/C28H31F3N4O2/c1-19-11-15-35(16-12-19)27-32-23-13-14-34(17-20-7-9-21(10-8-20)28(29,30)31)18-22(23)26(33-27)37-25-6-4-3-5-24(25)36-2/h3-10,19H,11-18H2,1-2H3. The van der Waals surface area contributed by atoms with Crippen LogP contribution in [-0.2, 0) is 25.7 Å². The Bertz CT molecular complexity index is 1230. The maximum absolute atomic E-state index is 13.0. The molecular formula is C28H31F3N4O2. The minimum atomic E-state index is -4.34. The number of nitrogens with zero attached hydrogens (tertiary/aromatic N) is 4. The summed E-state index contributed by atoms with van der Waals surface area (Å²) >= 11 is 0. The molecule has 0 atom stereocenters. The maximum Gasteiger partial charge on any atom is 0.416 e. The Morgan fingerprint density at radius 1 is 0.946 bits per heavy atom. The fraction of sp³-hybridized carbons (Fsp3) is 0.429. The highest BCUT2D eigenvalue weighted by molar-refractivity contribution is 5.47. The van der Waals surface area contributed by atoms with E-state index in [0.29, 0.717) is 48.8 Å². The van der Waals surface area contributed by atoms with Crippen molar-refractivity contribution in [2.24, 2.45) is 5.92 Å². The largest absolute Gasteiger partial charge is 0.493 e. The van der Waals surface area contributed by atoms with Gasteiger partial charge in [-0.2, -0.15) is 18.2 Å². The number of aromatic nitrogens is 2. The summed E-state index contributed by atoms with van der Waals surface area (Å²) in [4.78, 5) is 14.2. The topological polar surface area (TPSA) is 50.7 Å². The number of alkyl halides is 3. The molecule has 6 nitrogen and oxygen atoms in total. The van der Waals surface area contributed by atoms with Crippen LogP contribution >= 0.6 is 0 Å². The molecule has 0 bridgehead atoms. The van der Waals surface area contributed by atoms with Gasteiger partial charge in [-0.1, -0.05) is 31.2 Å². The molecule has 0 radical (unpaired) electrons. The van der Waals surface area contributed by atoms with Gasteiger partial charge in [0.05, 0.1) is 23.9 Å². The van der Waals surface area contributed by atoms with Crippen molar-refractivity contribution in [1.29, 1.82) is 0 Å². The van der Waals surface area contributed by atoms with E-state index in [4.69, 9.17) is 19.4 Å². The van der Waals surface area contributed by atoms with Gasteiger partial charge < -0.3 is 14.4 Å². The van der Waals surface area contributed by atoms with Crippen LogP contribution in [0.2, 0.25) is 0 Å². The Labute approximate surface area is 215 Å². The molecule has 1 saturated heterocycles. The van der Waals surface area contributed by atoms with E-state index >= 15 is 0 Å². The molecule has 1 fully saturated rings. The number of hydrogen-bond acceptors (Lipinski definition) is 6. The summed E-state index contributed by atoms with van der Waals surface area (Å²) in [6.45, 7) is 5.90. The number of fused-ring (bicyclic) bond motifs is 1. The van der Waals surface area contributed by atoms with E-state index in [2.05, 4.69) is 16.7 Å². The first-order chi connectivity index (χ1) is 17.8. The highest BCUT2D eigenvalue weighted by Gasteiger charge is 2.30. The predicted molar refractivity (Wildman–Crippen MR) is 135 cm³/mol. The van der Waals surface area contributed by atoms with Crippen molar-refractivity contribution < 1.29 is 22.6 Å². The van der Waals surface area contributed by atoms with E-state index in [1.54, 1.807) is 19.2 Å². The third-order valence-corrected chi connectivity index (χ3v) is 7.12. The van der Waals surface area contributed by atoms with Gasteiger partial charge in [-0.15, -0.1) is 0 Å². The van der Waals surface area contributed by atoms with E-state index in [1.807, 2.05) is 24.3 Å². The normalized spacial score (nSPS) is 16.9. The van der Waals surface area contributed by atoms with E-state index in [0.717, 1.165) is 61.4 Å². The second-order valence-electron chi connectivity index (χ2n) is 9.83. The molecule has 196 valence electrons. The fourth-order valence-corrected chi connectivity index (χ4v) is 4.86. The molecule has 1 aromatic heterocycles. The number of anilines is 1. The van der Waals surface area contributed by atoms with Crippen LogP contribution in [0.5, 0.6) is 17.4 Å². The van der Waals surface area contributed by atoms with Crippen molar-refractivity contribution in [3.05, 3.63) is 70.9 Å². The summed E-state index contributed by atoms with van der Waals surface area (Å²) in [5.41, 5.74) is 2.04.